The molecule has 1 saturated heterocycles. The first-order valence-electron chi connectivity index (χ1n) is 4.53. The minimum Gasteiger partial charge on any atom is -0.315 e. The zero-order valence-electron chi connectivity index (χ0n) is 7.62. The highest BCUT2D eigenvalue weighted by Gasteiger charge is 2.22. The molecular formula is C9H15N3. The van der Waals surface area contributed by atoms with Crippen LogP contribution in [0.4, 0.5) is 0 Å². The van der Waals surface area contributed by atoms with E-state index >= 15 is 0 Å². The first kappa shape index (κ1) is 7.80. The summed E-state index contributed by atoms with van der Waals surface area (Å²) in [6.45, 7) is 6.56. The number of rotatable bonds is 2. The van der Waals surface area contributed by atoms with Gasteiger partial charge in [-0.2, -0.15) is 5.10 Å². The van der Waals surface area contributed by atoms with Crippen molar-refractivity contribution in [1.82, 2.24) is 15.1 Å². The quantitative estimate of drug-likeness (QED) is 0.712. The highest BCUT2D eigenvalue weighted by molar-refractivity contribution is 5.13. The van der Waals surface area contributed by atoms with E-state index in [1.54, 1.807) is 0 Å². The van der Waals surface area contributed by atoms with E-state index in [0.717, 1.165) is 13.1 Å². The summed E-state index contributed by atoms with van der Waals surface area (Å²) in [5.41, 5.74) is 1.38. The number of nitrogens with one attached hydrogen (secondary N) is 1. The van der Waals surface area contributed by atoms with Crippen molar-refractivity contribution in [2.45, 2.75) is 25.8 Å². The van der Waals surface area contributed by atoms with Crippen LogP contribution in [0, 0.1) is 0 Å². The summed E-state index contributed by atoms with van der Waals surface area (Å²) in [5.74, 6) is 0.690. The SMILES string of the molecule is CC(C)n1nccc1C1CNC1. The van der Waals surface area contributed by atoms with Crippen molar-refractivity contribution in [3.63, 3.8) is 0 Å². The molecule has 1 aromatic rings. The summed E-state index contributed by atoms with van der Waals surface area (Å²) in [4.78, 5) is 0. The third-order valence-electron chi connectivity index (χ3n) is 2.39. The van der Waals surface area contributed by atoms with E-state index in [1.807, 2.05) is 6.20 Å². The molecule has 1 fully saturated rings. The first-order valence-corrected chi connectivity index (χ1v) is 4.53. The molecule has 1 N–H and O–H groups in total. The van der Waals surface area contributed by atoms with E-state index in [1.165, 1.54) is 5.69 Å². The highest BCUT2D eigenvalue weighted by atomic mass is 15.3. The zero-order chi connectivity index (χ0) is 8.55. The monoisotopic (exact) mass is 165 g/mol. The van der Waals surface area contributed by atoms with E-state index in [2.05, 4.69) is 35.0 Å². The molecular weight excluding hydrogens is 150 g/mol. The Bertz CT molecular complexity index is 260. The first-order chi connectivity index (χ1) is 5.79. The van der Waals surface area contributed by atoms with Crippen LogP contribution in [0.25, 0.3) is 0 Å². The van der Waals surface area contributed by atoms with Gasteiger partial charge in [-0.15, -0.1) is 0 Å². The van der Waals surface area contributed by atoms with Gasteiger partial charge in [-0.1, -0.05) is 0 Å². The lowest BCUT2D eigenvalue weighted by Gasteiger charge is -2.28. The second kappa shape index (κ2) is 2.90. The Morgan fingerprint density at radius 1 is 1.58 bits per heavy atom. The van der Waals surface area contributed by atoms with Crippen LogP contribution in [-0.4, -0.2) is 22.9 Å². The second-order valence-electron chi connectivity index (χ2n) is 3.65. The molecule has 0 atom stereocenters. The molecule has 3 nitrogen and oxygen atoms in total. The maximum Gasteiger partial charge on any atom is 0.0492 e. The van der Waals surface area contributed by atoms with Gasteiger partial charge in [0.1, 0.15) is 0 Å². The Balaban J connectivity index is 2.23. The topological polar surface area (TPSA) is 29.9 Å². The lowest BCUT2D eigenvalue weighted by Crippen LogP contribution is -2.41. The maximum absolute atomic E-state index is 4.31. The molecule has 0 radical (unpaired) electrons. The third kappa shape index (κ3) is 1.14. The summed E-state index contributed by atoms with van der Waals surface area (Å²) < 4.78 is 2.12. The van der Waals surface area contributed by atoms with Crippen molar-refractivity contribution in [2.24, 2.45) is 0 Å². The fraction of sp³-hybridized carbons (Fsp3) is 0.667. The molecule has 12 heavy (non-hydrogen) atoms. The van der Waals surface area contributed by atoms with Crippen LogP contribution >= 0.6 is 0 Å². The summed E-state index contributed by atoms with van der Waals surface area (Å²) in [6, 6.07) is 2.61. The molecule has 1 aromatic heterocycles. The molecule has 1 aliphatic rings. The summed E-state index contributed by atoms with van der Waals surface area (Å²) in [5, 5.41) is 7.58. The van der Waals surface area contributed by atoms with Crippen LogP contribution in [0.15, 0.2) is 12.3 Å². The average Bonchev–Trinajstić information content (AvgIpc) is 2.31. The van der Waals surface area contributed by atoms with Crippen molar-refractivity contribution in [1.29, 1.82) is 0 Å². The Morgan fingerprint density at radius 2 is 2.33 bits per heavy atom. The molecule has 0 aromatic carbocycles. The van der Waals surface area contributed by atoms with Crippen LogP contribution in [-0.2, 0) is 0 Å². The average molecular weight is 165 g/mol. The zero-order valence-corrected chi connectivity index (χ0v) is 7.62. The molecule has 2 rings (SSSR count). The van der Waals surface area contributed by atoms with Gasteiger partial charge in [0.15, 0.2) is 0 Å². The van der Waals surface area contributed by atoms with Gasteiger partial charge < -0.3 is 5.32 Å². The second-order valence-corrected chi connectivity index (χ2v) is 3.65. The van der Waals surface area contributed by atoms with E-state index in [9.17, 15) is 0 Å². The molecule has 0 amide bonds. The van der Waals surface area contributed by atoms with Crippen molar-refractivity contribution in [3.05, 3.63) is 18.0 Å². The van der Waals surface area contributed by atoms with E-state index in [-0.39, 0.29) is 0 Å². The van der Waals surface area contributed by atoms with Crippen LogP contribution in [0.1, 0.15) is 31.5 Å². The third-order valence-corrected chi connectivity index (χ3v) is 2.39. The minimum absolute atomic E-state index is 0.482. The number of hydrogen-bond acceptors (Lipinski definition) is 2. The number of hydrogen-bond donors (Lipinski definition) is 1. The van der Waals surface area contributed by atoms with Gasteiger partial charge >= 0.3 is 0 Å². The fourth-order valence-electron chi connectivity index (χ4n) is 1.58. The molecule has 3 heteroatoms. The normalized spacial score (nSPS) is 18.2. The largest absolute Gasteiger partial charge is 0.315 e. The Hall–Kier alpha value is -0.830. The minimum atomic E-state index is 0.482. The van der Waals surface area contributed by atoms with Crippen LogP contribution in [0.2, 0.25) is 0 Å². The van der Waals surface area contributed by atoms with E-state index < -0.39 is 0 Å². The summed E-state index contributed by atoms with van der Waals surface area (Å²) in [6.07, 6.45) is 1.90. The van der Waals surface area contributed by atoms with Crippen molar-refractivity contribution in [2.75, 3.05) is 13.1 Å². The van der Waals surface area contributed by atoms with E-state index in [4.69, 9.17) is 0 Å². The molecule has 66 valence electrons. The van der Waals surface area contributed by atoms with Gasteiger partial charge in [0.05, 0.1) is 0 Å². The van der Waals surface area contributed by atoms with Gasteiger partial charge in [0.25, 0.3) is 0 Å². The Labute approximate surface area is 72.8 Å². The van der Waals surface area contributed by atoms with Crippen LogP contribution in [0.5, 0.6) is 0 Å². The van der Waals surface area contributed by atoms with Gasteiger partial charge in [0.2, 0.25) is 0 Å². The van der Waals surface area contributed by atoms with Crippen molar-refractivity contribution in [3.8, 4) is 0 Å². The van der Waals surface area contributed by atoms with Crippen molar-refractivity contribution < 1.29 is 0 Å². The summed E-state index contributed by atoms with van der Waals surface area (Å²) >= 11 is 0. The van der Waals surface area contributed by atoms with Gasteiger partial charge in [-0.05, 0) is 19.9 Å². The van der Waals surface area contributed by atoms with Gasteiger partial charge in [0, 0.05) is 36.9 Å². The predicted molar refractivity (Wildman–Crippen MR) is 48.2 cm³/mol. The van der Waals surface area contributed by atoms with Crippen LogP contribution < -0.4 is 5.32 Å². The Kier molecular flexibility index (Phi) is 1.89. The number of nitrogens with zero attached hydrogens (tertiary/aromatic N) is 2. The lowest BCUT2D eigenvalue weighted by molar-refractivity contribution is 0.398. The maximum atomic E-state index is 4.31. The standard InChI is InChI=1S/C9H15N3/c1-7(2)12-9(3-4-11-12)8-5-10-6-8/h3-4,7-8,10H,5-6H2,1-2H3. The molecule has 0 saturated carbocycles. The highest BCUT2D eigenvalue weighted by Crippen LogP contribution is 2.21. The summed E-state index contributed by atoms with van der Waals surface area (Å²) in [7, 11) is 0. The predicted octanol–water partition coefficient (Wildman–Crippen LogP) is 1.15. The molecule has 0 bridgehead atoms. The van der Waals surface area contributed by atoms with E-state index in [0.29, 0.717) is 12.0 Å². The van der Waals surface area contributed by atoms with Gasteiger partial charge in [-0.25, -0.2) is 0 Å². The van der Waals surface area contributed by atoms with Gasteiger partial charge in [-0.3, -0.25) is 4.68 Å². The van der Waals surface area contributed by atoms with Crippen LogP contribution in [0.3, 0.4) is 0 Å². The molecule has 0 spiro atoms. The fourth-order valence-corrected chi connectivity index (χ4v) is 1.58. The Morgan fingerprint density at radius 3 is 2.83 bits per heavy atom. The molecule has 1 aliphatic heterocycles. The number of aromatic nitrogens is 2. The molecule has 0 aliphatic carbocycles. The smallest absolute Gasteiger partial charge is 0.0492 e. The molecule has 2 heterocycles. The lowest BCUT2D eigenvalue weighted by atomic mass is 9.99. The van der Waals surface area contributed by atoms with Crippen molar-refractivity contribution >= 4 is 0 Å². The molecule has 0 unspecified atom stereocenters.